The summed E-state index contributed by atoms with van der Waals surface area (Å²) in [5.74, 6) is 0.353. The van der Waals surface area contributed by atoms with Gasteiger partial charge >= 0.3 is 0 Å². The molecular formula is C25H30N4O5S. The first-order chi connectivity index (χ1) is 17.0. The Bertz CT molecular complexity index is 1170. The van der Waals surface area contributed by atoms with Gasteiger partial charge in [-0.3, -0.25) is 14.9 Å². The number of nitrogens with one attached hydrogen (secondary N) is 1. The quantitative estimate of drug-likeness (QED) is 0.483. The first-order valence-corrected chi connectivity index (χ1v) is 12.3. The number of aromatic nitrogens is 1. The van der Waals surface area contributed by atoms with Crippen LogP contribution < -0.4 is 15.0 Å². The van der Waals surface area contributed by atoms with Gasteiger partial charge in [-0.1, -0.05) is 23.5 Å². The fraction of sp³-hybridized carbons (Fsp3) is 0.400. The fourth-order valence-electron chi connectivity index (χ4n) is 3.98. The average molecular weight is 499 g/mol. The number of anilines is 2. The van der Waals surface area contributed by atoms with Crippen LogP contribution in [-0.4, -0.2) is 75.4 Å². The predicted molar refractivity (Wildman–Crippen MR) is 137 cm³/mol. The Labute approximate surface area is 208 Å². The zero-order valence-corrected chi connectivity index (χ0v) is 21.0. The third-order valence-corrected chi connectivity index (χ3v) is 6.86. The zero-order valence-electron chi connectivity index (χ0n) is 20.2. The molecule has 2 amide bonds. The molecule has 1 saturated heterocycles. The van der Waals surface area contributed by atoms with Crippen LogP contribution in [0.25, 0.3) is 10.2 Å². The minimum atomic E-state index is -0.245. The number of carbonyl (C=O) groups is 2. The topological polar surface area (TPSA) is 93.2 Å². The Kier molecular flexibility index (Phi) is 8.17. The molecule has 0 saturated carbocycles. The molecule has 1 aliphatic heterocycles. The summed E-state index contributed by atoms with van der Waals surface area (Å²) in [6.07, 6.45) is 0. The minimum absolute atomic E-state index is 0.0501. The second-order valence-corrected chi connectivity index (χ2v) is 9.07. The minimum Gasteiger partial charge on any atom is -0.494 e. The van der Waals surface area contributed by atoms with Gasteiger partial charge in [-0.05, 0) is 36.8 Å². The van der Waals surface area contributed by atoms with Crippen LogP contribution in [0, 0.1) is 0 Å². The lowest BCUT2D eigenvalue weighted by Gasteiger charge is -2.29. The maximum absolute atomic E-state index is 12.9. The van der Waals surface area contributed by atoms with Crippen molar-refractivity contribution in [2.24, 2.45) is 0 Å². The first-order valence-electron chi connectivity index (χ1n) is 11.5. The van der Waals surface area contributed by atoms with Crippen molar-refractivity contribution in [3.63, 3.8) is 0 Å². The van der Waals surface area contributed by atoms with Gasteiger partial charge in [0.15, 0.2) is 5.13 Å². The zero-order chi connectivity index (χ0) is 24.8. The van der Waals surface area contributed by atoms with Crippen molar-refractivity contribution in [1.29, 1.82) is 0 Å². The van der Waals surface area contributed by atoms with E-state index >= 15 is 0 Å². The van der Waals surface area contributed by atoms with Gasteiger partial charge in [0.2, 0.25) is 5.91 Å². The molecule has 1 N–H and O–H groups in total. The molecule has 0 radical (unpaired) electrons. The second-order valence-electron chi connectivity index (χ2n) is 8.08. The number of methoxy groups -OCH3 is 2. The van der Waals surface area contributed by atoms with E-state index in [4.69, 9.17) is 14.2 Å². The Morgan fingerprint density at radius 3 is 2.54 bits per heavy atom. The van der Waals surface area contributed by atoms with Gasteiger partial charge in [0.05, 0.1) is 30.7 Å². The molecule has 3 aromatic rings. The van der Waals surface area contributed by atoms with E-state index in [9.17, 15) is 9.59 Å². The van der Waals surface area contributed by atoms with Crippen molar-refractivity contribution in [1.82, 2.24) is 9.88 Å². The van der Waals surface area contributed by atoms with Crippen molar-refractivity contribution in [3.05, 3.63) is 47.5 Å². The van der Waals surface area contributed by atoms with E-state index < -0.39 is 0 Å². The summed E-state index contributed by atoms with van der Waals surface area (Å²) in [7, 11) is 3.12. The Hall–Kier alpha value is -3.21. The van der Waals surface area contributed by atoms with E-state index in [1.165, 1.54) is 18.4 Å². The highest BCUT2D eigenvalue weighted by molar-refractivity contribution is 7.23. The number of likely N-dealkylation sites (N-methyl/N-ethyl adjacent to an activating group) is 1. The molecule has 2 heterocycles. The van der Waals surface area contributed by atoms with Gasteiger partial charge in [0, 0.05) is 38.9 Å². The molecule has 9 nitrogen and oxygen atoms in total. The third kappa shape index (κ3) is 5.72. The van der Waals surface area contributed by atoms with Crippen LogP contribution in [0.3, 0.4) is 0 Å². The number of nitrogens with zero attached hydrogens (tertiary/aromatic N) is 3. The summed E-state index contributed by atoms with van der Waals surface area (Å²) in [5, 5.41) is 3.43. The molecule has 35 heavy (non-hydrogen) atoms. The molecular weight excluding hydrogens is 468 g/mol. The number of thiazole rings is 1. The van der Waals surface area contributed by atoms with E-state index in [1.54, 1.807) is 24.1 Å². The van der Waals surface area contributed by atoms with Gasteiger partial charge in [-0.15, -0.1) is 0 Å². The molecule has 10 heteroatoms. The van der Waals surface area contributed by atoms with E-state index in [2.05, 4.69) is 15.2 Å². The lowest BCUT2D eigenvalue weighted by molar-refractivity contribution is -0.135. The fourth-order valence-corrected chi connectivity index (χ4v) is 5.00. The molecule has 0 bridgehead atoms. The normalized spacial score (nSPS) is 13.6. The summed E-state index contributed by atoms with van der Waals surface area (Å²) < 4.78 is 16.9. The van der Waals surface area contributed by atoms with E-state index in [0.29, 0.717) is 42.7 Å². The van der Waals surface area contributed by atoms with Gasteiger partial charge in [0.1, 0.15) is 17.9 Å². The van der Waals surface area contributed by atoms with Crippen LogP contribution >= 0.6 is 11.3 Å². The molecule has 0 unspecified atom stereocenters. The van der Waals surface area contributed by atoms with Crippen LogP contribution in [0.15, 0.2) is 36.4 Å². The van der Waals surface area contributed by atoms with E-state index in [-0.39, 0.29) is 18.4 Å². The molecule has 1 fully saturated rings. The van der Waals surface area contributed by atoms with Crippen molar-refractivity contribution in [2.75, 3.05) is 63.9 Å². The largest absolute Gasteiger partial charge is 0.494 e. The van der Waals surface area contributed by atoms with Gasteiger partial charge < -0.3 is 24.0 Å². The third-order valence-electron chi connectivity index (χ3n) is 5.87. The second kappa shape index (κ2) is 11.5. The SMILES string of the molecule is CCN(Cc1ccc(C(=O)Nc2nc3c(OC)ccc(N4CCOCC4)c3s2)cc1)C(=O)COC. The van der Waals surface area contributed by atoms with Crippen LogP contribution in [0.2, 0.25) is 0 Å². The lowest BCUT2D eigenvalue weighted by atomic mass is 10.1. The Balaban J connectivity index is 1.50. The Morgan fingerprint density at radius 2 is 1.89 bits per heavy atom. The highest BCUT2D eigenvalue weighted by atomic mass is 32.1. The number of ether oxygens (including phenoxy) is 3. The molecule has 186 valence electrons. The molecule has 0 aliphatic carbocycles. The van der Waals surface area contributed by atoms with Crippen LogP contribution in [0.4, 0.5) is 10.8 Å². The highest BCUT2D eigenvalue weighted by Crippen LogP contribution is 2.39. The maximum atomic E-state index is 12.9. The number of hydrogen-bond donors (Lipinski definition) is 1. The maximum Gasteiger partial charge on any atom is 0.257 e. The highest BCUT2D eigenvalue weighted by Gasteiger charge is 2.20. The summed E-state index contributed by atoms with van der Waals surface area (Å²) in [5.41, 5.74) is 3.25. The van der Waals surface area contributed by atoms with Crippen LogP contribution in [0.5, 0.6) is 5.75 Å². The number of rotatable bonds is 9. The van der Waals surface area contributed by atoms with Gasteiger partial charge in [-0.25, -0.2) is 4.98 Å². The van der Waals surface area contributed by atoms with Crippen molar-refractivity contribution < 1.29 is 23.8 Å². The molecule has 2 aromatic carbocycles. The summed E-state index contributed by atoms with van der Waals surface area (Å²) in [6.45, 7) is 5.99. The monoisotopic (exact) mass is 498 g/mol. The molecule has 0 atom stereocenters. The van der Waals surface area contributed by atoms with Crippen LogP contribution in [-0.2, 0) is 20.8 Å². The smallest absolute Gasteiger partial charge is 0.257 e. The molecule has 0 spiro atoms. The summed E-state index contributed by atoms with van der Waals surface area (Å²) in [6, 6.07) is 11.2. The van der Waals surface area contributed by atoms with Crippen molar-refractivity contribution >= 4 is 44.2 Å². The van der Waals surface area contributed by atoms with Crippen molar-refractivity contribution in [2.45, 2.75) is 13.5 Å². The van der Waals surface area contributed by atoms with Crippen LogP contribution in [0.1, 0.15) is 22.8 Å². The number of carbonyl (C=O) groups excluding carboxylic acids is 2. The van der Waals surface area contributed by atoms with Gasteiger partial charge in [0.25, 0.3) is 5.91 Å². The number of benzene rings is 2. The lowest BCUT2D eigenvalue weighted by Crippen LogP contribution is -2.36. The van der Waals surface area contributed by atoms with Crippen molar-refractivity contribution in [3.8, 4) is 5.75 Å². The number of hydrogen-bond acceptors (Lipinski definition) is 8. The summed E-state index contributed by atoms with van der Waals surface area (Å²) >= 11 is 1.43. The van der Waals surface area contributed by atoms with E-state index in [1.807, 2.05) is 31.2 Å². The predicted octanol–water partition coefficient (Wildman–Crippen LogP) is 3.39. The van der Waals surface area contributed by atoms with E-state index in [0.717, 1.165) is 34.6 Å². The molecule has 1 aliphatic rings. The number of morpholine rings is 1. The summed E-state index contributed by atoms with van der Waals surface area (Å²) in [4.78, 5) is 33.7. The molecule has 4 rings (SSSR count). The van der Waals surface area contributed by atoms with Gasteiger partial charge in [-0.2, -0.15) is 0 Å². The number of amides is 2. The number of fused-ring (bicyclic) bond motifs is 1. The Morgan fingerprint density at radius 1 is 1.14 bits per heavy atom. The first kappa shape index (κ1) is 24.9. The molecule has 1 aromatic heterocycles. The standard InChI is InChI=1S/C25H30N4O5S/c1-4-28(21(30)16-32-2)15-17-5-7-18(8-6-17)24(31)27-25-26-22-20(33-3)10-9-19(23(22)35-25)29-11-13-34-14-12-29/h5-10H,4,11-16H2,1-3H3,(H,26,27,31). The average Bonchev–Trinajstić information content (AvgIpc) is 3.31.